The average molecular weight is 448 g/mol. The van der Waals surface area contributed by atoms with Crippen molar-refractivity contribution in [3.63, 3.8) is 0 Å². The van der Waals surface area contributed by atoms with E-state index in [1.54, 1.807) is 30.5 Å². The molecule has 8 heteroatoms. The highest BCUT2D eigenvalue weighted by Gasteiger charge is 2.38. The first-order chi connectivity index (χ1) is 16.0. The Morgan fingerprint density at radius 1 is 1.09 bits per heavy atom. The second kappa shape index (κ2) is 8.96. The summed E-state index contributed by atoms with van der Waals surface area (Å²) in [5.74, 6) is 0.294. The first-order valence-corrected chi connectivity index (χ1v) is 11.2. The number of aromatic nitrogens is 3. The molecule has 0 unspecified atom stereocenters. The third-order valence-electron chi connectivity index (χ3n) is 6.27. The number of rotatable bonds is 6. The summed E-state index contributed by atoms with van der Waals surface area (Å²) in [6, 6.07) is 8.75. The van der Waals surface area contributed by atoms with Gasteiger partial charge in [-0.1, -0.05) is 32.0 Å². The fraction of sp³-hybridized carbons (Fsp3) is 0.360. The molecule has 4 heterocycles. The zero-order valence-electron chi connectivity index (χ0n) is 18.7. The van der Waals surface area contributed by atoms with Crippen LogP contribution in [0.1, 0.15) is 47.6 Å². The largest absolute Gasteiger partial charge is 0.378 e. The summed E-state index contributed by atoms with van der Waals surface area (Å²) >= 11 is 0. The summed E-state index contributed by atoms with van der Waals surface area (Å²) in [4.78, 5) is 28.7. The van der Waals surface area contributed by atoms with Gasteiger partial charge in [0.25, 0.3) is 5.91 Å². The highest BCUT2D eigenvalue weighted by atomic mass is 19.1. The second-order valence-electron chi connectivity index (χ2n) is 8.88. The molecule has 0 atom stereocenters. The van der Waals surface area contributed by atoms with Crippen molar-refractivity contribution in [2.45, 2.75) is 31.7 Å². The SMILES string of the molecule is CC(C)c1ncc(C(=O)Nc2c(-c3ccccc3F)ccnc2C2CN(C3COC3)C2)cn1. The summed E-state index contributed by atoms with van der Waals surface area (Å²) in [6.07, 6.45) is 4.73. The first kappa shape index (κ1) is 21.6. The van der Waals surface area contributed by atoms with Gasteiger partial charge in [0.15, 0.2) is 0 Å². The zero-order valence-corrected chi connectivity index (χ0v) is 18.7. The van der Waals surface area contributed by atoms with E-state index in [1.165, 1.54) is 18.5 Å². The standard InChI is InChI=1S/C25H26FN5O2/c1-15(2)24-28-9-16(10-29-24)25(32)30-23-20(19-5-3-4-6-21(19)26)7-8-27-22(23)17-11-31(12-17)18-13-33-14-18/h3-10,15,17-18H,11-14H2,1-2H3,(H,30,32). The minimum absolute atomic E-state index is 0.146. The van der Waals surface area contributed by atoms with Gasteiger partial charge in [0.1, 0.15) is 11.6 Å². The Labute approximate surface area is 192 Å². The molecule has 1 amide bonds. The first-order valence-electron chi connectivity index (χ1n) is 11.2. The lowest BCUT2D eigenvalue weighted by atomic mass is 9.89. The van der Waals surface area contributed by atoms with Crippen LogP contribution in [-0.4, -0.2) is 58.1 Å². The number of likely N-dealkylation sites (tertiary alicyclic amines) is 1. The molecule has 2 aliphatic heterocycles. The summed E-state index contributed by atoms with van der Waals surface area (Å²) in [6.45, 7) is 7.16. The van der Waals surface area contributed by atoms with E-state index in [0.717, 1.165) is 32.0 Å². The topological polar surface area (TPSA) is 80.2 Å². The quantitative estimate of drug-likeness (QED) is 0.618. The third kappa shape index (κ3) is 4.24. The normalized spacial score (nSPS) is 17.0. The molecule has 0 saturated carbocycles. The van der Waals surface area contributed by atoms with E-state index in [0.29, 0.717) is 34.2 Å². The van der Waals surface area contributed by atoms with Crippen LogP contribution in [0.3, 0.4) is 0 Å². The molecule has 2 aliphatic rings. The molecule has 2 saturated heterocycles. The molecule has 170 valence electrons. The molecule has 0 radical (unpaired) electrons. The van der Waals surface area contributed by atoms with Crippen LogP contribution in [0, 0.1) is 5.82 Å². The van der Waals surface area contributed by atoms with Gasteiger partial charge >= 0.3 is 0 Å². The summed E-state index contributed by atoms with van der Waals surface area (Å²) < 4.78 is 20.0. The number of nitrogens with one attached hydrogen (secondary N) is 1. The lowest BCUT2D eigenvalue weighted by Gasteiger charge is -2.47. The number of ether oxygens (including phenoxy) is 1. The van der Waals surface area contributed by atoms with Gasteiger partial charge < -0.3 is 10.1 Å². The molecular formula is C25H26FN5O2. The lowest BCUT2D eigenvalue weighted by Crippen LogP contribution is -2.58. The van der Waals surface area contributed by atoms with Crippen LogP contribution in [0.4, 0.5) is 10.1 Å². The van der Waals surface area contributed by atoms with Crippen LogP contribution in [0.5, 0.6) is 0 Å². The number of hydrogen-bond acceptors (Lipinski definition) is 6. The number of pyridine rings is 1. The van der Waals surface area contributed by atoms with Gasteiger partial charge in [-0.15, -0.1) is 0 Å². The number of amides is 1. The van der Waals surface area contributed by atoms with E-state index in [4.69, 9.17) is 4.74 Å². The number of benzene rings is 1. The van der Waals surface area contributed by atoms with E-state index in [-0.39, 0.29) is 23.6 Å². The van der Waals surface area contributed by atoms with Crippen LogP contribution in [0.2, 0.25) is 0 Å². The Morgan fingerprint density at radius 2 is 1.82 bits per heavy atom. The van der Waals surface area contributed by atoms with Gasteiger partial charge in [-0.25, -0.2) is 14.4 Å². The van der Waals surface area contributed by atoms with Gasteiger partial charge in [-0.3, -0.25) is 14.7 Å². The molecule has 2 aromatic heterocycles. The number of carbonyl (C=O) groups excluding carboxylic acids is 1. The van der Waals surface area contributed by atoms with Gasteiger partial charge in [-0.2, -0.15) is 0 Å². The third-order valence-corrected chi connectivity index (χ3v) is 6.27. The Bertz CT molecular complexity index is 1160. The number of carbonyl (C=O) groups is 1. The van der Waals surface area contributed by atoms with Crippen molar-refractivity contribution >= 4 is 11.6 Å². The molecule has 7 nitrogen and oxygen atoms in total. The van der Waals surface area contributed by atoms with Crippen molar-refractivity contribution in [2.75, 3.05) is 31.6 Å². The molecule has 2 fully saturated rings. The maximum atomic E-state index is 14.7. The number of hydrogen-bond donors (Lipinski definition) is 1. The minimum atomic E-state index is -0.350. The lowest BCUT2D eigenvalue weighted by molar-refractivity contribution is -0.0908. The number of nitrogens with zero attached hydrogens (tertiary/aromatic N) is 4. The zero-order chi connectivity index (χ0) is 22.9. The summed E-state index contributed by atoms with van der Waals surface area (Å²) in [7, 11) is 0. The smallest absolute Gasteiger partial charge is 0.258 e. The highest BCUT2D eigenvalue weighted by Crippen LogP contribution is 2.39. The van der Waals surface area contributed by atoms with Crippen molar-refractivity contribution in [3.8, 4) is 11.1 Å². The number of anilines is 1. The van der Waals surface area contributed by atoms with Crippen LogP contribution in [-0.2, 0) is 4.74 Å². The molecular weight excluding hydrogens is 421 g/mol. The van der Waals surface area contributed by atoms with Crippen LogP contribution in [0.25, 0.3) is 11.1 Å². The molecule has 33 heavy (non-hydrogen) atoms. The highest BCUT2D eigenvalue weighted by molar-refractivity contribution is 6.06. The van der Waals surface area contributed by atoms with E-state index in [2.05, 4.69) is 25.2 Å². The summed E-state index contributed by atoms with van der Waals surface area (Å²) in [5, 5.41) is 3.00. The Kier molecular flexibility index (Phi) is 5.86. The fourth-order valence-electron chi connectivity index (χ4n) is 4.18. The van der Waals surface area contributed by atoms with E-state index < -0.39 is 0 Å². The molecule has 1 aromatic carbocycles. The molecule has 0 aliphatic carbocycles. The summed E-state index contributed by atoms with van der Waals surface area (Å²) in [5.41, 5.74) is 2.67. The molecule has 0 bridgehead atoms. The van der Waals surface area contributed by atoms with Crippen LogP contribution >= 0.6 is 0 Å². The maximum Gasteiger partial charge on any atom is 0.258 e. The Morgan fingerprint density at radius 3 is 2.45 bits per heavy atom. The van der Waals surface area contributed by atoms with Crippen molar-refractivity contribution in [1.29, 1.82) is 0 Å². The van der Waals surface area contributed by atoms with E-state index >= 15 is 0 Å². The van der Waals surface area contributed by atoms with Gasteiger partial charge in [0.05, 0.1) is 36.2 Å². The molecule has 1 N–H and O–H groups in total. The van der Waals surface area contributed by atoms with E-state index in [1.807, 2.05) is 13.8 Å². The van der Waals surface area contributed by atoms with Crippen molar-refractivity contribution in [1.82, 2.24) is 19.9 Å². The monoisotopic (exact) mass is 447 g/mol. The second-order valence-corrected chi connectivity index (χ2v) is 8.88. The van der Waals surface area contributed by atoms with Crippen molar-refractivity contribution in [2.24, 2.45) is 0 Å². The molecule has 0 spiro atoms. The molecule has 3 aromatic rings. The molecule has 5 rings (SSSR count). The average Bonchev–Trinajstić information content (AvgIpc) is 2.75. The maximum absolute atomic E-state index is 14.7. The fourth-order valence-corrected chi connectivity index (χ4v) is 4.18. The van der Waals surface area contributed by atoms with Gasteiger partial charge in [0, 0.05) is 54.6 Å². The predicted octanol–water partition coefficient (Wildman–Crippen LogP) is 3.85. The van der Waals surface area contributed by atoms with E-state index in [9.17, 15) is 9.18 Å². The minimum Gasteiger partial charge on any atom is -0.378 e. The predicted molar refractivity (Wildman–Crippen MR) is 123 cm³/mol. The van der Waals surface area contributed by atoms with Gasteiger partial charge in [-0.05, 0) is 12.1 Å². The van der Waals surface area contributed by atoms with Crippen LogP contribution in [0.15, 0.2) is 48.9 Å². The Hall–Kier alpha value is -3.23. The Balaban J connectivity index is 1.48. The van der Waals surface area contributed by atoms with Crippen molar-refractivity contribution in [3.05, 3.63) is 71.8 Å². The van der Waals surface area contributed by atoms with Crippen molar-refractivity contribution < 1.29 is 13.9 Å². The van der Waals surface area contributed by atoms with Gasteiger partial charge in [0.2, 0.25) is 0 Å². The number of halogens is 1. The van der Waals surface area contributed by atoms with Crippen LogP contribution < -0.4 is 5.32 Å².